The minimum absolute atomic E-state index is 0.0480. The van der Waals surface area contributed by atoms with Crippen molar-refractivity contribution in [1.82, 2.24) is 10.2 Å². The van der Waals surface area contributed by atoms with Gasteiger partial charge in [-0.1, -0.05) is 112 Å². The minimum atomic E-state index is -3.44. The third kappa shape index (κ3) is 11.3. The van der Waals surface area contributed by atoms with E-state index in [2.05, 4.69) is 50.4 Å². The lowest BCUT2D eigenvalue weighted by Crippen LogP contribution is -2.66. The van der Waals surface area contributed by atoms with E-state index in [-0.39, 0.29) is 44.4 Å². The summed E-state index contributed by atoms with van der Waals surface area (Å²) < 4.78 is 60.4. The fraction of sp³-hybridized carbons (Fsp3) is 0.500. The van der Waals surface area contributed by atoms with Crippen LogP contribution in [0.15, 0.2) is 91.0 Å². The number of hydrogen-bond donors (Lipinski definition) is 1. The number of benzene rings is 3. The van der Waals surface area contributed by atoms with Gasteiger partial charge in [-0.2, -0.15) is 0 Å². The molecule has 3 aromatic carbocycles. The van der Waals surface area contributed by atoms with Crippen molar-refractivity contribution in [3.8, 4) is 0 Å². The quantitative estimate of drug-likeness (QED) is 0.136. The van der Waals surface area contributed by atoms with Gasteiger partial charge in [0.2, 0.25) is 0 Å². The molecular formula is C40H54F2N2O7Si. The van der Waals surface area contributed by atoms with Crippen LogP contribution in [0.5, 0.6) is 0 Å². The predicted molar refractivity (Wildman–Crippen MR) is 200 cm³/mol. The number of nitrogens with zero attached hydrogens (tertiary/aromatic N) is 1. The summed E-state index contributed by atoms with van der Waals surface area (Å²) in [7, 11) is -2.68. The van der Waals surface area contributed by atoms with Gasteiger partial charge >= 0.3 is 12.2 Å². The van der Waals surface area contributed by atoms with Gasteiger partial charge in [0.15, 0.2) is 0 Å². The Morgan fingerprint density at radius 1 is 0.788 bits per heavy atom. The average molecular weight is 741 g/mol. The van der Waals surface area contributed by atoms with Gasteiger partial charge < -0.3 is 33.6 Å². The highest BCUT2D eigenvalue weighted by atomic mass is 28.4. The summed E-state index contributed by atoms with van der Waals surface area (Å²) in [5.41, 5.74) is -0.128. The van der Waals surface area contributed by atoms with Crippen molar-refractivity contribution in [3.05, 3.63) is 96.6 Å². The Morgan fingerprint density at radius 2 is 1.31 bits per heavy atom. The van der Waals surface area contributed by atoms with E-state index in [4.69, 9.17) is 23.4 Å². The Hall–Kier alpha value is -3.84. The lowest BCUT2D eigenvalue weighted by molar-refractivity contribution is -0.114. The van der Waals surface area contributed by atoms with Crippen molar-refractivity contribution in [2.45, 2.75) is 77.2 Å². The van der Waals surface area contributed by atoms with Crippen LogP contribution in [0.3, 0.4) is 0 Å². The molecule has 1 N–H and O–H groups in total. The first-order valence-corrected chi connectivity index (χ1v) is 19.8. The highest BCUT2D eigenvalue weighted by molar-refractivity contribution is 6.99. The van der Waals surface area contributed by atoms with Crippen molar-refractivity contribution in [3.63, 3.8) is 0 Å². The van der Waals surface area contributed by atoms with Gasteiger partial charge in [0.1, 0.15) is 18.2 Å². The first-order valence-electron chi connectivity index (χ1n) is 17.9. The second kappa shape index (κ2) is 18.3. The standard InChI is InChI=1S/C40H54F2N2O7Si/c1-38(2,3)51-37(46)44-28-32(35(40(41,42)30-44)43-36(45)49-29-31-16-10-7-11-17-31)22-23-47-24-25-48-26-27-50-52(39(4,5)6,33-18-12-8-13-19-33)34-20-14-9-15-21-34/h7-21,32,35H,22-30H2,1-6H3,(H,43,45). The number of alkyl halides is 2. The molecule has 2 amide bonds. The number of carbonyl (C=O) groups is 2. The molecule has 1 aliphatic rings. The summed E-state index contributed by atoms with van der Waals surface area (Å²) >= 11 is 0. The Kier molecular flexibility index (Phi) is 14.4. The zero-order valence-electron chi connectivity index (χ0n) is 31.2. The van der Waals surface area contributed by atoms with Crippen molar-refractivity contribution < 1.29 is 41.7 Å². The number of rotatable bonds is 15. The molecule has 2 unspecified atom stereocenters. The molecule has 0 spiro atoms. The van der Waals surface area contributed by atoms with Gasteiger partial charge in [0.25, 0.3) is 14.2 Å². The molecule has 12 heteroatoms. The van der Waals surface area contributed by atoms with Crippen LogP contribution in [-0.2, 0) is 30.0 Å². The van der Waals surface area contributed by atoms with Crippen molar-refractivity contribution in [2.75, 3.05) is 46.1 Å². The number of hydrogen-bond acceptors (Lipinski definition) is 7. The molecule has 1 saturated heterocycles. The SMILES string of the molecule is CC(C)(C)OC(=O)N1CC(CCOCCOCCO[Si](c2ccccc2)(c2ccccc2)C(C)(C)C)C(NC(=O)OCc2ccccc2)C(F)(F)C1. The third-order valence-electron chi connectivity index (χ3n) is 8.89. The second-order valence-electron chi connectivity index (χ2n) is 15.1. The van der Waals surface area contributed by atoms with Gasteiger partial charge in [0.05, 0.1) is 33.0 Å². The first kappa shape index (κ1) is 40.9. The maximum atomic E-state index is 15.6. The first-order chi connectivity index (χ1) is 24.6. The second-order valence-corrected chi connectivity index (χ2v) is 19.4. The molecule has 1 fully saturated rings. The molecule has 9 nitrogen and oxygen atoms in total. The van der Waals surface area contributed by atoms with Gasteiger partial charge in [-0.25, -0.2) is 18.4 Å². The molecular weight excluding hydrogens is 687 g/mol. The van der Waals surface area contributed by atoms with E-state index >= 15 is 8.78 Å². The molecule has 0 aliphatic carbocycles. The van der Waals surface area contributed by atoms with Crippen LogP contribution in [0.1, 0.15) is 53.5 Å². The van der Waals surface area contributed by atoms with E-state index in [1.54, 1.807) is 45.0 Å². The molecule has 4 rings (SSSR count). The monoisotopic (exact) mass is 740 g/mol. The fourth-order valence-corrected chi connectivity index (χ4v) is 11.1. The Balaban J connectivity index is 1.30. The normalized spacial score (nSPS) is 17.7. The lowest BCUT2D eigenvalue weighted by Gasteiger charge is -2.43. The number of alkyl carbamates (subject to hydrolysis) is 1. The van der Waals surface area contributed by atoms with Crippen LogP contribution >= 0.6 is 0 Å². The zero-order chi connectivity index (χ0) is 37.8. The lowest BCUT2D eigenvalue weighted by atomic mass is 9.87. The van der Waals surface area contributed by atoms with Crippen LogP contribution in [0.2, 0.25) is 5.04 Å². The van der Waals surface area contributed by atoms with Crippen LogP contribution < -0.4 is 15.7 Å². The van der Waals surface area contributed by atoms with Gasteiger partial charge in [-0.15, -0.1) is 0 Å². The Bertz CT molecular complexity index is 1500. The fourth-order valence-electron chi connectivity index (χ4n) is 6.56. The smallest absolute Gasteiger partial charge is 0.410 e. The molecule has 0 saturated carbocycles. The highest BCUT2D eigenvalue weighted by Crippen LogP contribution is 2.37. The highest BCUT2D eigenvalue weighted by Gasteiger charge is 2.53. The number of amides is 2. The number of piperidine rings is 1. The summed E-state index contributed by atoms with van der Waals surface area (Å²) in [4.78, 5) is 26.5. The van der Waals surface area contributed by atoms with E-state index in [9.17, 15) is 9.59 Å². The van der Waals surface area contributed by atoms with Gasteiger partial charge in [-0.05, 0) is 48.2 Å². The molecule has 3 aromatic rings. The average Bonchev–Trinajstić information content (AvgIpc) is 3.09. The molecule has 1 heterocycles. The largest absolute Gasteiger partial charge is 0.445 e. The van der Waals surface area contributed by atoms with Gasteiger partial charge in [0, 0.05) is 19.1 Å². The summed E-state index contributed by atoms with van der Waals surface area (Å²) in [6.45, 7) is 12.0. The third-order valence-corrected chi connectivity index (χ3v) is 13.9. The molecule has 0 aromatic heterocycles. The molecule has 0 bridgehead atoms. The van der Waals surface area contributed by atoms with Crippen LogP contribution in [0.4, 0.5) is 18.4 Å². The maximum Gasteiger partial charge on any atom is 0.410 e. The number of nitrogens with one attached hydrogen (secondary N) is 1. The summed E-state index contributed by atoms with van der Waals surface area (Å²) in [5.74, 6) is -4.28. The minimum Gasteiger partial charge on any atom is -0.445 e. The number of ether oxygens (including phenoxy) is 4. The van der Waals surface area contributed by atoms with E-state index < -0.39 is 50.5 Å². The topological polar surface area (TPSA) is 95.6 Å². The summed E-state index contributed by atoms with van der Waals surface area (Å²) in [5, 5.41) is 4.60. The predicted octanol–water partition coefficient (Wildman–Crippen LogP) is 6.78. The van der Waals surface area contributed by atoms with Crippen LogP contribution in [0, 0.1) is 5.92 Å². The summed E-state index contributed by atoms with van der Waals surface area (Å²) in [6.07, 6.45) is -1.65. The van der Waals surface area contributed by atoms with E-state index in [1.807, 2.05) is 42.5 Å². The zero-order valence-corrected chi connectivity index (χ0v) is 32.2. The van der Waals surface area contributed by atoms with Gasteiger partial charge in [-0.3, -0.25) is 0 Å². The molecule has 52 heavy (non-hydrogen) atoms. The van der Waals surface area contributed by atoms with Crippen molar-refractivity contribution in [1.29, 1.82) is 0 Å². The van der Waals surface area contributed by atoms with E-state index in [0.29, 0.717) is 13.2 Å². The van der Waals surface area contributed by atoms with E-state index in [0.717, 1.165) is 10.5 Å². The van der Waals surface area contributed by atoms with Crippen molar-refractivity contribution in [2.24, 2.45) is 5.92 Å². The van der Waals surface area contributed by atoms with Crippen molar-refractivity contribution >= 4 is 30.9 Å². The summed E-state index contributed by atoms with van der Waals surface area (Å²) in [6, 6.07) is 28.1. The van der Waals surface area contributed by atoms with Crippen LogP contribution in [-0.4, -0.2) is 89.1 Å². The van der Waals surface area contributed by atoms with E-state index in [1.165, 1.54) is 10.4 Å². The molecule has 0 radical (unpaired) electrons. The Labute approximate surface area is 308 Å². The van der Waals surface area contributed by atoms with Crippen LogP contribution in [0.25, 0.3) is 0 Å². The number of halogens is 2. The number of carbonyl (C=O) groups excluding carboxylic acids is 2. The number of likely N-dealkylation sites (tertiary alicyclic amines) is 1. The maximum absolute atomic E-state index is 15.6. The molecule has 284 valence electrons. The Morgan fingerprint density at radius 3 is 1.85 bits per heavy atom. The molecule has 2 atom stereocenters. The molecule has 1 aliphatic heterocycles.